The summed E-state index contributed by atoms with van der Waals surface area (Å²) in [6.07, 6.45) is 4.32. The minimum Gasteiger partial charge on any atom is -0.381 e. The van der Waals surface area contributed by atoms with Crippen molar-refractivity contribution in [3.63, 3.8) is 0 Å². The van der Waals surface area contributed by atoms with Gasteiger partial charge in [0.15, 0.2) is 0 Å². The lowest BCUT2D eigenvalue weighted by molar-refractivity contribution is -0.200. The Morgan fingerprint density at radius 3 is 2.74 bits per heavy atom. The zero-order chi connectivity index (χ0) is 13.3. The van der Waals surface area contributed by atoms with Gasteiger partial charge in [0, 0.05) is 26.1 Å². The van der Waals surface area contributed by atoms with E-state index in [9.17, 15) is 4.79 Å². The summed E-state index contributed by atoms with van der Waals surface area (Å²) >= 11 is 1.97. The summed E-state index contributed by atoms with van der Waals surface area (Å²) in [7, 11) is 1.77. The molecular weight excluding hydrogens is 262 g/mol. The Kier molecular flexibility index (Phi) is 4.06. The standard InChI is InChI=1S/C14H23NO3S/c1-17-12-2-5-18-14(8-12)9-15(10-14)13(16)11-3-6-19-7-4-11/h11-12H,2-10H2,1H3/t12-/m0/s1. The average Bonchev–Trinajstić information content (AvgIpc) is 2.45. The van der Waals surface area contributed by atoms with E-state index < -0.39 is 0 Å². The van der Waals surface area contributed by atoms with Crippen LogP contribution in [0.5, 0.6) is 0 Å². The van der Waals surface area contributed by atoms with Crippen LogP contribution in [-0.2, 0) is 14.3 Å². The van der Waals surface area contributed by atoms with Gasteiger partial charge in [0.1, 0.15) is 5.60 Å². The van der Waals surface area contributed by atoms with Gasteiger partial charge in [-0.2, -0.15) is 11.8 Å². The molecule has 3 fully saturated rings. The molecule has 19 heavy (non-hydrogen) atoms. The molecule has 108 valence electrons. The highest BCUT2D eigenvalue weighted by molar-refractivity contribution is 7.99. The van der Waals surface area contributed by atoms with Crippen molar-refractivity contribution >= 4 is 17.7 Å². The fourth-order valence-electron chi connectivity index (χ4n) is 3.41. The first-order chi connectivity index (χ1) is 9.22. The molecule has 4 nitrogen and oxygen atoms in total. The highest BCUT2D eigenvalue weighted by Crippen LogP contribution is 2.37. The van der Waals surface area contributed by atoms with Crippen LogP contribution in [0.4, 0.5) is 0 Å². The Morgan fingerprint density at radius 2 is 2.05 bits per heavy atom. The second-order valence-electron chi connectivity index (χ2n) is 5.96. The molecule has 0 unspecified atom stereocenters. The molecule has 1 atom stereocenters. The van der Waals surface area contributed by atoms with Crippen molar-refractivity contribution in [3.8, 4) is 0 Å². The van der Waals surface area contributed by atoms with Crippen LogP contribution in [0.1, 0.15) is 25.7 Å². The Balaban J connectivity index is 1.52. The first-order valence-electron chi connectivity index (χ1n) is 7.26. The zero-order valence-electron chi connectivity index (χ0n) is 11.6. The van der Waals surface area contributed by atoms with Gasteiger partial charge in [-0.15, -0.1) is 0 Å². The molecule has 0 saturated carbocycles. The van der Waals surface area contributed by atoms with Crippen molar-refractivity contribution in [2.45, 2.75) is 37.4 Å². The lowest BCUT2D eigenvalue weighted by atomic mass is 9.83. The molecule has 0 aromatic rings. The van der Waals surface area contributed by atoms with Crippen molar-refractivity contribution in [2.75, 3.05) is 38.3 Å². The van der Waals surface area contributed by atoms with Gasteiger partial charge in [-0.05, 0) is 30.8 Å². The van der Waals surface area contributed by atoms with Crippen LogP contribution in [0.2, 0.25) is 0 Å². The van der Waals surface area contributed by atoms with Crippen LogP contribution in [0.25, 0.3) is 0 Å². The van der Waals surface area contributed by atoms with Gasteiger partial charge in [0.05, 0.1) is 19.2 Å². The van der Waals surface area contributed by atoms with Gasteiger partial charge < -0.3 is 14.4 Å². The molecule has 0 aromatic carbocycles. The highest BCUT2D eigenvalue weighted by Gasteiger charge is 2.50. The number of rotatable bonds is 2. The van der Waals surface area contributed by atoms with E-state index in [0.29, 0.717) is 12.0 Å². The van der Waals surface area contributed by atoms with Crippen LogP contribution in [-0.4, -0.2) is 60.8 Å². The molecule has 0 radical (unpaired) electrons. The number of nitrogens with zero attached hydrogens (tertiary/aromatic N) is 1. The third-order valence-corrected chi connectivity index (χ3v) is 5.67. The number of carbonyl (C=O) groups is 1. The summed E-state index contributed by atoms with van der Waals surface area (Å²) in [5, 5.41) is 0. The van der Waals surface area contributed by atoms with Gasteiger partial charge >= 0.3 is 0 Å². The third kappa shape index (κ3) is 2.78. The number of amides is 1. The SMILES string of the molecule is CO[C@H]1CCOC2(C1)CN(C(=O)C1CCSCC1)C2. The largest absolute Gasteiger partial charge is 0.381 e. The van der Waals surface area contributed by atoms with E-state index in [1.54, 1.807) is 7.11 Å². The summed E-state index contributed by atoms with van der Waals surface area (Å²) in [6, 6.07) is 0. The first kappa shape index (κ1) is 13.7. The van der Waals surface area contributed by atoms with Crippen molar-refractivity contribution in [1.29, 1.82) is 0 Å². The van der Waals surface area contributed by atoms with E-state index in [2.05, 4.69) is 0 Å². The van der Waals surface area contributed by atoms with Gasteiger partial charge in [-0.3, -0.25) is 4.79 Å². The average molecular weight is 285 g/mol. The smallest absolute Gasteiger partial charge is 0.225 e. The number of methoxy groups -OCH3 is 1. The van der Waals surface area contributed by atoms with Crippen LogP contribution < -0.4 is 0 Å². The molecule has 0 aromatic heterocycles. The third-order valence-electron chi connectivity index (χ3n) is 4.62. The fraction of sp³-hybridized carbons (Fsp3) is 0.929. The van der Waals surface area contributed by atoms with Crippen LogP contribution in [0, 0.1) is 5.92 Å². The molecule has 3 rings (SSSR count). The van der Waals surface area contributed by atoms with Crippen molar-refractivity contribution in [1.82, 2.24) is 4.90 Å². The minimum absolute atomic E-state index is 0.0992. The lowest BCUT2D eigenvalue weighted by Crippen LogP contribution is -2.68. The summed E-state index contributed by atoms with van der Waals surface area (Å²) in [5.74, 6) is 2.89. The molecule has 5 heteroatoms. The van der Waals surface area contributed by atoms with E-state index in [4.69, 9.17) is 9.47 Å². The summed E-state index contributed by atoms with van der Waals surface area (Å²) in [4.78, 5) is 14.4. The van der Waals surface area contributed by atoms with Crippen LogP contribution in [0.15, 0.2) is 0 Å². The Bertz CT molecular complexity index is 338. The van der Waals surface area contributed by atoms with Gasteiger partial charge in [-0.1, -0.05) is 0 Å². The van der Waals surface area contributed by atoms with Crippen molar-refractivity contribution in [2.24, 2.45) is 5.92 Å². The molecule has 3 heterocycles. The van der Waals surface area contributed by atoms with Gasteiger partial charge in [0.25, 0.3) is 0 Å². The van der Waals surface area contributed by atoms with Crippen LogP contribution in [0.3, 0.4) is 0 Å². The number of carbonyl (C=O) groups excluding carboxylic acids is 1. The number of thioether (sulfide) groups is 1. The van der Waals surface area contributed by atoms with Crippen molar-refractivity contribution in [3.05, 3.63) is 0 Å². The quantitative estimate of drug-likeness (QED) is 0.771. The van der Waals surface area contributed by atoms with E-state index in [1.807, 2.05) is 16.7 Å². The van der Waals surface area contributed by atoms with E-state index in [-0.39, 0.29) is 11.5 Å². The Hall–Kier alpha value is -0.260. The zero-order valence-corrected chi connectivity index (χ0v) is 12.4. The number of ether oxygens (including phenoxy) is 2. The van der Waals surface area contributed by atoms with Crippen LogP contribution >= 0.6 is 11.8 Å². The summed E-state index contributed by atoms with van der Waals surface area (Å²) in [5.41, 5.74) is -0.0992. The Labute approximate surface area is 119 Å². The molecule has 1 spiro atoms. The lowest BCUT2D eigenvalue weighted by Gasteiger charge is -2.53. The monoisotopic (exact) mass is 285 g/mol. The predicted molar refractivity (Wildman–Crippen MR) is 75.3 cm³/mol. The highest BCUT2D eigenvalue weighted by atomic mass is 32.2. The van der Waals surface area contributed by atoms with Gasteiger partial charge in [0.2, 0.25) is 5.91 Å². The maximum atomic E-state index is 12.4. The summed E-state index contributed by atoms with van der Waals surface area (Å²) in [6.45, 7) is 2.31. The Morgan fingerprint density at radius 1 is 1.32 bits per heavy atom. The van der Waals surface area contributed by atoms with E-state index in [0.717, 1.165) is 56.9 Å². The van der Waals surface area contributed by atoms with Gasteiger partial charge in [-0.25, -0.2) is 0 Å². The summed E-state index contributed by atoms with van der Waals surface area (Å²) < 4.78 is 11.4. The fourth-order valence-corrected chi connectivity index (χ4v) is 4.52. The molecule has 0 bridgehead atoms. The number of hydrogen-bond donors (Lipinski definition) is 0. The first-order valence-corrected chi connectivity index (χ1v) is 8.41. The molecule has 0 aliphatic carbocycles. The topological polar surface area (TPSA) is 38.8 Å². The minimum atomic E-state index is -0.0992. The number of hydrogen-bond acceptors (Lipinski definition) is 4. The molecule has 3 saturated heterocycles. The molecule has 3 aliphatic rings. The molecular formula is C14H23NO3S. The molecule has 1 amide bonds. The maximum absolute atomic E-state index is 12.4. The second kappa shape index (κ2) is 5.62. The maximum Gasteiger partial charge on any atom is 0.225 e. The van der Waals surface area contributed by atoms with E-state index >= 15 is 0 Å². The number of likely N-dealkylation sites (tertiary alicyclic amines) is 1. The second-order valence-corrected chi connectivity index (χ2v) is 7.19. The van der Waals surface area contributed by atoms with Crippen molar-refractivity contribution < 1.29 is 14.3 Å². The molecule has 3 aliphatic heterocycles. The predicted octanol–water partition coefficient (Wildman–Crippen LogP) is 1.54. The molecule has 0 N–H and O–H groups in total. The van der Waals surface area contributed by atoms with E-state index in [1.165, 1.54) is 0 Å². The normalized spacial score (nSPS) is 31.2.